The van der Waals surface area contributed by atoms with Gasteiger partial charge in [0.15, 0.2) is 0 Å². The third-order valence-corrected chi connectivity index (χ3v) is 7.01. The molecule has 0 aliphatic heterocycles. The van der Waals surface area contributed by atoms with Crippen molar-refractivity contribution in [2.75, 3.05) is 5.32 Å². The van der Waals surface area contributed by atoms with Crippen LogP contribution in [0.5, 0.6) is 0 Å². The summed E-state index contributed by atoms with van der Waals surface area (Å²) in [5.74, 6) is -0.209. The molecule has 4 nitrogen and oxygen atoms in total. The minimum Gasteiger partial charge on any atom is -0.310 e. The lowest BCUT2D eigenvalue weighted by Gasteiger charge is -2.30. The number of pyridine rings is 2. The van der Waals surface area contributed by atoms with Crippen molar-refractivity contribution in [1.82, 2.24) is 9.97 Å². The Morgan fingerprint density at radius 2 is 1.84 bits per heavy atom. The molecule has 1 atom stereocenters. The fourth-order valence-corrected chi connectivity index (χ4v) is 5.12. The summed E-state index contributed by atoms with van der Waals surface area (Å²) in [6.45, 7) is 0. The number of anilines is 1. The van der Waals surface area contributed by atoms with Gasteiger partial charge in [-0.3, -0.25) is 9.78 Å². The average Bonchev–Trinajstić information content (AvgIpc) is 3.47. The second-order valence-corrected chi connectivity index (χ2v) is 8.87. The molecule has 2 saturated carbocycles. The first kappa shape index (κ1) is 20.8. The lowest BCUT2D eigenvalue weighted by Crippen LogP contribution is -2.23. The number of amides is 1. The molecule has 3 aromatic rings. The Hall–Kier alpha value is -3.03. The minimum atomic E-state index is -4.46. The molecule has 0 radical (unpaired) electrons. The Bertz CT molecular complexity index is 1170. The number of hydrogen-bond acceptors (Lipinski definition) is 3. The smallest absolute Gasteiger partial charge is 0.310 e. The van der Waals surface area contributed by atoms with E-state index in [2.05, 4.69) is 15.3 Å². The maximum Gasteiger partial charge on any atom is 0.417 e. The van der Waals surface area contributed by atoms with Gasteiger partial charge in [-0.15, -0.1) is 0 Å². The number of nitrogens with zero attached hydrogens (tertiary/aromatic N) is 2. The number of nitrogens with one attached hydrogen (secondary N) is 1. The standard InChI is InChI=1S/C24H21F4N3O/c25-16-2-3-20-18(11-16)17(7-10-29-20)14-5-8-23(9-6-14)12-19(23)22(32)31-21-4-1-15(13-30-21)24(26,27)28/h1-4,7,10-11,13-14,19H,5-6,8-9,12H2,(H,30,31,32)/t14?,19-,23?/m1/s1. The van der Waals surface area contributed by atoms with Crippen molar-refractivity contribution in [2.24, 2.45) is 11.3 Å². The van der Waals surface area contributed by atoms with Gasteiger partial charge in [-0.1, -0.05) is 0 Å². The molecular formula is C24H21F4N3O. The van der Waals surface area contributed by atoms with Crippen molar-refractivity contribution in [3.8, 4) is 0 Å². The average molecular weight is 443 g/mol. The molecule has 1 amide bonds. The van der Waals surface area contributed by atoms with Gasteiger partial charge >= 0.3 is 6.18 Å². The van der Waals surface area contributed by atoms with Gasteiger partial charge in [0.05, 0.1) is 11.1 Å². The van der Waals surface area contributed by atoms with Crippen molar-refractivity contribution < 1.29 is 22.4 Å². The number of halogens is 4. The van der Waals surface area contributed by atoms with Crippen LogP contribution in [0.4, 0.5) is 23.4 Å². The molecule has 1 spiro atoms. The van der Waals surface area contributed by atoms with Gasteiger partial charge in [-0.05, 0) is 85.4 Å². The van der Waals surface area contributed by atoms with E-state index >= 15 is 0 Å². The lowest BCUT2D eigenvalue weighted by molar-refractivity contribution is -0.137. The maximum absolute atomic E-state index is 13.8. The van der Waals surface area contributed by atoms with Gasteiger partial charge in [0.25, 0.3) is 0 Å². The summed E-state index contributed by atoms with van der Waals surface area (Å²) in [4.78, 5) is 20.7. The fraction of sp³-hybridized carbons (Fsp3) is 0.375. The third-order valence-electron chi connectivity index (χ3n) is 7.01. The summed E-state index contributed by atoms with van der Waals surface area (Å²) in [6, 6.07) is 8.69. The summed E-state index contributed by atoms with van der Waals surface area (Å²) in [5, 5.41) is 3.50. The Morgan fingerprint density at radius 3 is 2.53 bits per heavy atom. The van der Waals surface area contributed by atoms with Crippen LogP contribution in [0.15, 0.2) is 48.8 Å². The van der Waals surface area contributed by atoms with Crippen molar-refractivity contribution in [1.29, 1.82) is 0 Å². The first-order chi connectivity index (χ1) is 15.2. The maximum atomic E-state index is 13.8. The molecule has 1 N–H and O–H groups in total. The van der Waals surface area contributed by atoms with Crippen LogP contribution in [0.3, 0.4) is 0 Å². The van der Waals surface area contributed by atoms with Crippen LogP contribution in [0.2, 0.25) is 0 Å². The number of benzene rings is 1. The number of aromatic nitrogens is 2. The molecule has 2 aliphatic rings. The molecule has 8 heteroatoms. The van der Waals surface area contributed by atoms with E-state index in [0.29, 0.717) is 0 Å². The number of alkyl halides is 3. The van der Waals surface area contributed by atoms with Gasteiger partial charge in [-0.2, -0.15) is 13.2 Å². The van der Waals surface area contributed by atoms with Crippen LogP contribution in [-0.2, 0) is 11.0 Å². The molecule has 32 heavy (non-hydrogen) atoms. The molecular weight excluding hydrogens is 422 g/mol. The molecule has 5 rings (SSSR count). The number of carbonyl (C=O) groups is 1. The van der Waals surface area contributed by atoms with Crippen LogP contribution in [0, 0.1) is 17.2 Å². The normalized spacial score (nSPS) is 25.1. The first-order valence-electron chi connectivity index (χ1n) is 10.6. The number of fused-ring (bicyclic) bond motifs is 1. The fourth-order valence-electron chi connectivity index (χ4n) is 5.12. The Morgan fingerprint density at radius 1 is 1.06 bits per heavy atom. The zero-order valence-electron chi connectivity index (χ0n) is 17.1. The molecule has 1 aromatic carbocycles. The highest BCUT2D eigenvalue weighted by molar-refractivity contribution is 5.94. The molecule has 2 fully saturated rings. The Labute approximate surface area is 182 Å². The Balaban J connectivity index is 1.23. The molecule has 166 valence electrons. The summed E-state index contributed by atoms with van der Waals surface area (Å²) in [5.41, 5.74) is 0.970. The molecule has 2 heterocycles. The van der Waals surface area contributed by atoms with Crippen LogP contribution >= 0.6 is 0 Å². The largest absolute Gasteiger partial charge is 0.417 e. The number of rotatable bonds is 3. The molecule has 2 aromatic heterocycles. The van der Waals surface area contributed by atoms with Crippen molar-refractivity contribution in [3.63, 3.8) is 0 Å². The lowest BCUT2D eigenvalue weighted by atomic mass is 9.75. The van der Waals surface area contributed by atoms with E-state index in [9.17, 15) is 22.4 Å². The predicted octanol–water partition coefficient (Wildman–Crippen LogP) is 6.09. The van der Waals surface area contributed by atoms with Gasteiger partial charge in [0.2, 0.25) is 5.91 Å². The predicted molar refractivity (Wildman–Crippen MR) is 111 cm³/mol. The van der Waals surface area contributed by atoms with E-state index < -0.39 is 11.7 Å². The van der Waals surface area contributed by atoms with Crippen LogP contribution in [-0.4, -0.2) is 15.9 Å². The van der Waals surface area contributed by atoms with Gasteiger partial charge < -0.3 is 5.32 Å². The van der Waals surface area contributed by atoms with E-state index in [0.717, 1.165) is 60.8 Å². The Kier molecular flexibility index (Phi) is 4.91. The highest BCUT2D eigenvalue weighted by atomic mass is 19.4. The zero-order valence-corrected chi connectivity index (χ0v) is 17.1. The second kappa shape index (κ2) is 7.53. The zero-order chi connectivity index (χ0) is 22.5. The highest BCUT2D eigenvalue weighted by Crippen LogP contribution is 2.63. The van der Waals surface area contributed by atoms with Gasteiger partial charge in [0, 0.05) is 23.7 Å². The van der Waals surface area contributed by atoms with E-state index in [4.69, 9.17) is 0 Å². The van der Waals surface area contributed by atoms with Crippen LogP contribution < -0.4 is 5.32 Å². The van der Waals surface area contributed by atoms with Crippen LogP contribution in [0.25, 0.3) is 10.9 Å². The third kappa shape index (κ3) is 3.82. The summed E-state index contributed by atoms with van der Waals surface area (Å²) >= 11 is 0. The van der Waals surface area contributed by atoms with E-state index in [-0.39, 0.29) is 34.8 Å². The molecule has 0 unspecified atom stereocenters. The number of hydrogen-bond donors (Lipinski definition) is 1. The second-order valence-electron chi connectivity index (χ2n) is 8.87. The molecule has 2 aliphatic carbocycles. The van der Waals surface area contributed by atoms with Crippen LogP contribution in [0.1, 0.15) is 49.1 Å². The first-order valence-corrected chi connectivity index (χ1v) is 10.6. The van der Waals surface area contributed by atoms with E-state index in [1.54, 1.807) is 12.3 Å². The SMILES string of the molecule is O=C(Nc1ccc(C(F)(F)F)cn1)[C@H]1CC12CCC(c1ccnc3ccc(F)cc13)CC2. The number of carbonyl (C=O) groups excluding carboxylic acids is 1. The van der Waals surface area contributed by atoms with Crippen molar-refractivity contribution in [2.45, 2.75) is 44.2 Å². The highest BCUT2D eigenvalue weighted by Gasteiger charge is 2.58. The minimum absolute atomic E-state index is 0.0550. The molecule has 0 saturated heterocycles. The quantitative estimate of drug-likeness (QED) is 0.499. The topological polar surface area (TPSA) is 54.9 Å². The van der Waals surface area contributed by atoms with Gasteiger partial charge in [-0.25, -0.2) is 9.37 Å². The molecule has 0 bridgehead atoms. The van der Waals surface area contributed by atoms with Crippen molar-refractivity contribution in [3.05, 3.63) is 65.7 Å². The summed E-state index contributed by atoms with van der Waals surface area (Å²) < 4.78 is 51.8. The monoisotopic (exact) mass is 443 g/mol. The van der Waals surface area contributed by atoms with E-state index in [1.165, 1.54) is 18.2 Å². The van der Waals surface area contributed by atoms with Crippen molar-refractivity contribution >= 4 is 22.6 Å². The van der Waals surface area contributed by atoms with Gasteiger partial charge in [0.1, 0.15) is 11.6 Å². The summed E-state index contributed by atoms with van der Waals surface area (Å²) in [6.07, 6.45) is 2.37. The van der Waals surface area contributed by atoms with E-state index in [1.807, 2.05) is 6.07 Å². The summed E-state index contributed by atoms with van der Waals surface area (Å²) in [7, 11) is 0.